The Morgan fingerprint density at radius 3 is 2.82 bits per heavy atom. The highest BCUT2D eigenvalue weighted by Crippen LogP contribution is 2.32. The van der Waals surface area contributed by atoms with E-state index in [0.717, 1.165) is 5.56 Å². The highest BCUT2D eigenvalue weighted by atomic mass is 16.5. The van der Waals surface area contributed by atoms with E-state index in [1.165, 1.54) is 29.0 Å². The second-order valence-corrected chi connectivity index (χ2v) is 4.22. The van der Waals surface area contributed by atoms with Gasteiger partial charge in [-0.3, -0.25) is 4.79 Å². The molecule has 0 unspecified atom stereocenters. The Kier molecular flexibility index (Phi) is 2.22. The van der Waals surface area contributed by atoms with Gasteiger partial charge in [0.15, 0.2) is 0 Å². The van der Waals surface area contributed by atoms with E-state index in [-0.39, 0.29) is 5.97 Å². The van der Waals surface area contributed by atoms with Gasteiger partial charge in [-0.1, -0.05) is 42.5 Å². The number of rotatable bonds is 2. The van der Waals surface area contributed by atoms with Crippen molar-refractivity contribution in [3.8, 4) is 0 Å². The summed E-state index contributed by atoms with van der Waals surface area (Å²) in [5.41, 5.74) is 3.45. The van der Waals surface area contributed by atoms with Crippen molar-refractivity contribution in [3.05, 3.63) is 47.0 Å². The minimum atomic E-state index is -0.199. The van der Waals surface area contributed by atoms with E-state index < -0.39 is 0 Å². The average molecular weight is 224 g/mol. The predicted octanol–water partition coefficient (Wildman–Crippen LogP) is 3.04. The lowest BCUT2D eigenvalue weighted by Crippen LogP contribution is -2.04. The van der Waals surface area contributed by atoms with Gasteiger partial charge in [-0.25, -0.2) is 0 Å². The van der Waals surface area contributed by atoms with Crippen LogP contribution in [0.3, 0.4) is 0 Å². The predicted molar refractivity (Wildman–Crippen MR) is 68.6 cm³/mol. The Labute approximate surface area is 99.5 Å². The Balaban J connectivity index is 2.14. The number of ether oxygens (including phenoxy) is 1. The number of hydrogen-bond donors (Lipinski definition) is 0. The van der Waals surface area contributed by atoms with Crippen LogP contribution in [0.25, 0.3) is 22.9 Å². The van der Waals surface area contributed by atoms with Gasteiger partial charge < -0.3 is 4.74 Å². The number of esters is 1. The van der Waals surface area contributed by atoms with Crippen molar-refractivity contribution in [1.29, 1.82) is 0 Å². The quantitative estimate of drug-likeness (QED) is 0.625. The van der Waals surface area contributed by atoms with Gasteiger partial charge in [-0.15, -0.1) is 0 Å². The molecule has 17 heavy (non-hydrogen) atoms. The second kappa shape index (κ2) is 3.74. The summed E-state index contributed by atoms with van der Waals surface area (Å²) in [6, 6.07) is 10.4. The minimum Gasteiger partial charge on any atom is -0.469 e. The largest absolute Gasteiger partial charge is 0.469 e. The van der Waals surface area contributed by atoms with E-state index in [2.05, 4.69) is 36.4 Å². The van der Waals surface area contributed by atoms with Crippen molar-refractivity contribution in [2.75, 3.05) is 7.11 Å². The van der Waals surface area contributed by atoms with Gasteiger partial charge in [0.25, 0.3) is 0 Å². The van der Waals surface area contributed by atoms with Crippen LogP contribution in [0.5, 0.6) is 0 Å². The summed E-state index contributed by atoms with van der Waals surface area (Å²) < 4.78 is 4.70. The van der Waals surface area contributed by atoms with Crippen molar-refractivity contribution in [1.82, 2.24) is 0 Å². The standard InChI is InChI=1S/C15H12O2/c1-17-14(16)9-10-7-12-4-2-3-11-5-6-13(8-10)15(11)12/h2-8H,9H2,1H3. The Morgan fingerprint density at radius 2 is 2.00 bits per heavy atom. The molecule has 3 rings (SSSR count). The minimum absolute atomic E-state index is 0.199. The SMILES string of the molecule is COC(=O)Cc1cc2c3c(cccc3c1)C=C2. The summed E-state index contributed by atoms with van der Waals surface area (Å²) in [5, 5.41) is 2.46. The first-order chi connectivity index (χ1) is 8.28. The van der Waals surface area contributed by atoms with Gasteiger partial charge in [0.05, 0.1) is 13.5 Å². The van der Waals surface area contributed by atoms with Crippen molar-refractivity contribution < 1.29 is 9.53 Å². The van der Waals surface area contributed by atoms with E-state index in [1.54, 1.807) is 0 Å². The number of carbonyl (C=O) groups excluding carboxylic acids is 1. The van der Waals surface area contributed by atoms with Gasteiger partial charge in [-0.2, -0.15) is 0 Å². The molecular formula is C15H12O2. The second-order valence-electron chi connectivity index (χ2n) is 4.22. The molecule has 2 nitrogen and oxygen atoms in total. The van der Waals surface area contributed by atoms with E-state index >= 15 is 0 Å². The smallest absolute Gasteiger partial charge is 0.309 e. The first-order valence-corrected chi connectivity index (χ1v) is 5.58. The number of carbonyl (C=O) groups is 1. The van der Waals surface area contributed by atoms with Gasteiger partial charge in [0, 0.05) is 0 Å². The van der Waals surface area contributed by atoms with Crippen LogP contribution in [0.2, 0.25) is 0 Å². The third-order valence-electron chi connectivity index (χ3n) is 3.12. The molecule has 0 radical (unpaired) electrons. The molecule has 0 saturated heterocycles. The van der Waals surface area contributed by atoms with E-state index in [0.29, 0.717) is 6.42 Å². The molecule has 0 saturated carbocycles. The topological polar surface area (TPSA) is 26.3 Å². The Bertz CT molecular complexity index is 639. The lowest BCUT2D eigenvalue weighted by Gasteiger charge is -2.06. The molecule has 2 aromatic carbocycles. The zero-order valence-corrected chi connectivity index (χ0v) is 9.57. The maximum atomic E-state index is 11.3. The first kappa shape index (κ1) is 10.1. The molecule has 0 spiro atoms. The van der Waals surface area contributed by atoms with E-state index in [9.17, 15) is 4.79 Å². The number of benzene rings is 2. The summed E-state index contributed by atoms with van der Waals surface area (Å²) in [6.45, 7) is 0. The molecule has 0 fully saturated rings. The fourth-order valence-electron chi connectivity index (χ4n) is 2.35. The maximum absolute atomic E-state index is 11.3. The highest BCUT2D eigenvalue weighted by Gasteiger charge is 2.11. The first-order valence-electron chi connectivity index (χ1n) is 5.58. The van der Waals surface area contributed by atoms with Gasteiger partial charge >= 0.3 is 5.97 Å². The fraction of sp³-hybridized carbons (Fsp3) is 0.133. The van der Waals surface area contributed by atoms with Crippen molar-refractivity contribution in [2.45, 2.75) is 6.42 Å². The van der Waals surface area contributed by atoms with Crippen LogP contribution in [-0.2, 0) is 16.0 Å². The lowest BCUT2D eigenvalue weighted by molar-refractivity contribution is -0.139. The fourth-order valence-corrected chi connectivity index (χ4v) is 2.35. The average Bonchev–Trinajstić information content (AvgIpc) is 2.74. The molecule has 0 heterocycles. The molecule has 84 valence electrons. The zero-order valence-electron chi connectivity index (χ0n) is 9.57. The van der Waals surface area contributed by atoms with E-state index in [4.69, 9.17) is 4.74 Å². The molecule has 0 N–H and O–H groups in total. The molecular weight excluding hydrogens is 212 g/mol. The monoisotopic (exact) mass is 224 g/mol. The summed E-state index contributed by atoms with van der Waals surface area (Å²) in [7, 11) is 1.42. The molecule has 0 bridgehead atoms. The lowest BCUT2D eigenvalue weighted by atomic mass is 10.00. The summed E-state index contributed by atoms with van der Waals surface area (Å²) in [5.74, 6) is -0.199. The number of methoxy groups -OCH3 is 1. The summed E-state index contributed by atoms with van der Waals surface area (Å²) in [4.78, 5) is 11.3. The molecule has 1 aliphatic rings. The van der Waals surface area contributed by atoms with Crippen LogP contribution in [-0.4, -0.2) is 13.1 Å². The third kappa shape index (κ3) is 1.62. The Morgan fingerprint density at radius 1 is 1.18 bits per heavy atom. The van der Waals surface area contributed by atoms with Crippen LogP contribution in [0.15, 0.2) is 30.3 Å². The normalized spacial score (nSPS) is 12.1. The number of hydrogen-bond acceptors (Lipinski definition) is 2. The molecule has 1 aliphatic carbocycles. The van der Waals surface area contributed by atoms with Crippen molar-refractivity contribution >= 4 is 28.9 Å². The van der Waals surface area contributed by atoms with Crippen LogP contribution >= 0.6 is 0 Å². The van der Waals surface area contributed by atoms with Gasteiger partial charge in [-0.05, 0) is 27.5 Å². The van der Waals surface area contributed by atoms with E-state index in [1.807, 2.05) is 6.07 Å². The molecule has 0 aliphatic heterocycles. The van der Waals surface area contributed by atoms with Crippen LogP contribution in [0, 0.1) is 0 Å². The molecule has 0 atom stereocenters. The zero-order chi connectivity index (χ0) is 11.8. The molecule has 0 amide bonds. The van der Waals surface area contributed by atoms with Crippen LogP contribution in [0.1, 0.15) is 16.7 Å². The third-order valence-corrected chi connectivity index (χ3v) is 3.12. The van der Waals surface area contributed by atoms with Crippen LogP contribution < -0.4 is 0 Å². The van der Waals surface area contributed by atoms with Crippen molar-refractivity contribution in [3.63, 3.8) is 0 Å². The van der Waals surface area contributed by atoms with Gasteiger partial charge in [0.2, 0.25) is 0 Å². The molecule has 2 heteroatoms. The summed E-state index contributed by atoms with van der Waals surface area (Å²) in [6.07, 6.45) is 4.54. The Hall–Kier alpha value is -2.09. The van der Waals surface area contributed by atoms with Gasteiger partial charge in [0.1, 0.15) is 0 Å². The molecule has 2 aromatic rings. The van der Waals surface area contributed by atoms with Crippen LogP contribution in [0.4, 0.5) is 0 Å². The molecule has 0 aromatic heterocycles. The highest BCUT2D eigenvalue weighted by molar-refractivity contribution is 6.05. The van der Waals surface area contributed by atoms with Crippen molar-refractivity contribution in [2.24, 2.45) is 0 Å². The maximum Gasteiger partial charge on any atom is 0.309 e. The summed E-state index contributed by atoms with van der Waals surface area (Å²) >= 11 is 0.